The Morgan fingerprint density at radius 3 is 2.33 bits per heavy atom. The third-order valence-corrected chi connectivity index (χ3v) is 3.73. The van der Waals surface area contributed by atoms with Gasteiger partial charge in [0.2, 0.25) is 0 Å². The predicted octanol–water partition coefficient (Wildman–Crippen LogP) is 4.78. The predicted molar refractivity (Wildman–Crippen MR) is 79.3 cm³/mol. The molecular weight excluding hydrogens is 288 g/mol. The van der Waals surface area contributed by atoms with E-state index in [4.69, 9.17) is 4.74 Å². The molecule has 0 heterocycles. The molecule has 0 aromatic heterocycles. The van der Waals surface area contributed by atoms with Gasteiger partial charge >= 0.3 is 0 Å². The fourth-order valence-electron chi connectivity index (χ4n) is 1.95. The fraction of sp³-hybridized carbons (Fsp3) is 0.250. The SMILES string of the molecule is Cc1cccc(C)c1COc1cccc(CBr)c1. The Hall–Kier alpha value is -1.28. The lowest BCUT2D eigenvalue weighted by atomic mass is 10.0. The minimum atomic E-state index is 0.629. The highest BCUT2D eigenvalue weighted by atomic mass is 79.9. The highest BCUT2D eigenvalue weighted by molar-refractivity contribution is 9.08. The lowest BCUT2D eigenvalue weighted by Gasteiger charge is -2.12. The van der Waals surface area contributed by atoms with Crippen molar-refractivity contribution in [1.82, 2.24) is 0 Å². The van der Waals surface area contributed by atoms with Gasteiger partial charge in [0.25, 0.3) is 0 Å². The maximum absolute atomic E-state index is 5.88. The molecule has 0 bridgehead atoms. The number of halogens is 1. The lowest BCUT2D eigenvalue weighted by molar-refractivity contribution is 0.304. The number of alkyl halides is 1. The number of aryl methyl sites for hydroxylation is 2. The highest BCUT2D eigenvalue weighted by Gasteiger charge is 2.03. The van der Waals surface area contributed by atoms with E-state index in [0.717, 1.165) is 11.1 Å². The van der Waals surface area contributed by atoms with Gasteiger partial charge in [0.1, 0.15) is 12.4 Å². The van der Waals surface area contributed by atoms with Crippen LogP contribution in [0.25, 0.3) is 0 Å². The molecule has 2 aromatic carbocycles. The summed E-state index contributed by atoms with van der Waals surface area (Å²) in [5.41, 5.74) is 5.08. The summed E-state index contributed by atoms with van der Waals surface area (Å²) in [6.07, 6.45) is 0. The van der Waals surface area contributed by atoms with E-state index in [9.17, 15) is 0 Å². The number of rotatable bonds is 4. The van der Waals surface area contributed by atoms with Crippen LogP contribution in [0, 0.1) is 13.8 Å². The van der Waals surface area contributed by atoms with Crippen molar-refractivity contribution in [3.05, 3.63) is 64.7 Å². The monoisotopic (exact) mass is 304 g/mol. The first-order chi connectivity index (χ1) is 8.70. The average molecular weight is 305 g/mol. The molecule has 0 spiro atoms. The molecular formula is C16H17BrO. The Morgan fingerprint density at radius 1 is 1.00 bits per heavy atom. The van der Waals surface area contributed by atoms with Gasteiger partial charge in [-0.15, -0.1) is 0 Å². The molecule has 0 aliphatic heterocycles. The third-order valence-electron chi connectivity index (χ3n) is 3.08. The Labute approximate surface area is 117 Å². The van der Waals surface area contributed by atoms with Gasteiger partial charge in [-0.05, 0) is 48.2 Å². The van der Waals surface area contributed by atoms with Crippen LogP contribution in [0.2, 0.25) is 0 Å². The van der Waals surface area contributed by atoms with Crippen molar-refractivity contribution in [2.24, 2.45) is 0 Å². The first kappa shape index (κ1) is 13.2. The van der Waals surface area contributed by atoms with Crippen molar-refractivity contribution in [2.75, 3.05) is 0 Å². The van der Waals surface area contributed by atoms with Gasteiger partial charge in [0.05, 0.1) is 0 Å². The van der Waals surface area contributed by atoms with Gasteiger partial charge in [-0.2, -0.15) is 0 Å². The average Bonchev–Trinajstić information content (AvgIpc) is 2.38. The molecule has 94 valence electrons. The topological polar surface area (TPSA) is 9.23 Å². The molecule has 0 saturated heterocycles. The van der Waals surface area contributed by atoms with Crippen molar-refractivity contribution in [2.45, 2.75) is 25.8 Å². The van der Waals surface area contributed by atoms with E-state index in [1.54, 1.807) is 0 Å². The molecule has 18 heavy (non-hydrogen) atoms. The zero-order valence-electron chi connectivity index (χ0n) is 10.7. The maximum Gasteiger partial charge on any atom is 0.120 e. The maximum atomic E-state index is 5.88. The molecule has 0 amide bonds. The first-order valence-electron chi connectivity index (χ1n) is 6.03. The van der Waals surface area contributed by atoms with E-state index < -0.39 is 0 Å². The van der Waals surface area contributed by atoms with E-state index in [1.165, 1.54) is 22.3 Å². The van der Waals surface area contributed by atoms with Gasteiger partial charge in [-0.25, -0.2) is 0 Å². The summed E-state index contributed by atoms with van der Waals surface area (Å²) < 4.78 is 5.88. The van der Waals surface area contributed by atoms with Crippen LogP contribution in [-0.2, 0) is 11.9 Å². The number of hydrogen-bond donors (Lipinski definition) is 0. The molecule has 0 saturated carbocycles. The molecule has 0 atom stereocenters. The molecule has 0 fully saturated rings. The second-order valence-corrected chi connectivity index (χ2v) is 5.00. The zero-order chi connectivity index (χ0) is 13.0. The molecule has 2 rings (SSSR count). The Kier molecular flexibility index (Phi) is 4.43. The Bertz CT molecular complexity index is 514. The van der Waals surface area contributed by atoms with Gasteiger partial charge in [-0.3, -0.25) is 0 Å². The van der Waals surface area contributed by atoms with Gasteiger partial charge in [0.15, 0.2) is 0 Å². The van der Waals surface area contributed by atoms with Crippen LogP contribution in [-0.4, -0.2) is 0 Å². The molecule has 1 nitrogen and oxygen atoms in total. The van der Waals surface area contributed by atoms with Crippen molar-refractivity contribution in [3.8, 4) is 5.75 Å². The molecule has 0 aliphatic carbocycles. The fourth-order valence-corrected chi connectivity index (χ4v) is 2.30. The molecule has 0 N–H and O–H groups in total. The minimum Gasteiger partial charge on any atom is -0.489 e. The highest BCUT2D eigenvalue weighted by Crippen LogP contribution is 2.19. The van der Waals surface area contributed by atoms with Crippen LogP contribution in [0.4, 0.5) is 0 Å². The van der Waals surface area contributed by atoms with Crippen LogP contribution in [0.3, 0.4) is 0 Å². The molecule has 0 aliphatic rings. The molecule has 0 radical (unpaired) electrons. The minimum absolute atomic E-state index is 0.629. The summed E-state index contributed by atoms with van der Waals surface area (Å²) in [5.74, 6) is 0.926. The van der Waals surface area contributed by atoms with Gasteiger partial charge in [-0.1, -0.05) is 46.3 Å². The van der Waals surface area contributed by atoms with E-state index >= 15 is 0 Å². The lowest BCUT2D eigenvalue weighted by Crippen LogP contribution is -2.00. The van der Waals surface area contributed by atoms with Crippen molar-refractivity contribution < 1.29 is 4.74 Å². The van der Waals surface area contributed by atoms with Crippen molar-refractivity contribution in [1.29, 1.82) is 0 Å². The number of hydrogen-bond acceptors (Lipinski definition) is 1. The number of benzene rings is 2. The second kappa shape index (κ2) is 6.05. The quantitative estimate of drug-likeness (QED) is 0.739. The zero-order valence-corrected chi connectivity index (χ0v) is 12.3. The van der Waals surface area contributed by atoms with Crippen LogP contribution >= 0.6 is 15.9 Å². The molecule has 0 unspecified atom stereocenters. The standard InChI is InChI=1S/C16H17BrO/c1-12-5-3-6-13(2)16(12)11-18-15-8-4-7-14(9-15)10-17/h3-9H,10-11H2,1-2H3. The normalized spacial score (nSPS) is 10.4. The van der Waals surface area contributed by atoms with Crippen molar-refractivity contribution in [3.63, 3.8) is 0 Å². The summed E-state index contributed by atoms with van der Waals surface area (Å²) in [6.45, 7) is 4.88. The van der Waals surface area contributed by atoms with Crippen molar-refractivity contribution >= 4 is 15.9 Å². The second-order valence-electron chi connectivity index (χ2n) is 4.44. The van der Waals surface area contributed by atoms with Crippen LogP contribution in [0.1, 0.15) is 22.3 Å². The number of ether oxygens (including phenoxy) is 1. The van der Waals surface area contributed by atoms with E-state index in [-0.39, 0.29) is 0 Å². The van der Waals surface area contributed by atoms with Crippen LogP contribution in [0.15, 0.2) is 42.5 Å². The largest absolute Gasteiger partial charge is 0.489 e. The Morgan fingerprint density at radius 2 is 1.67 bits per heavy atom. The third kappa shape index (κ3) is 3.14. The summed E-state index contributed by atoms with van der Waals surface area (Å²) in [6, 6.07) is 14.5. The van der Waals surface area contributed by atoms with E-state index in [2.05, 4.69) is 60.1 Å². The molecule has 2 heteroatoms. The van der Waals surface area contributed by atoms with Crippen LogP contribution in [0.5, 0.6) is 5.75 Å². The van der Waals surface area contributed by atoms with Gasteiger partial charge in [0, 0.05) is 5.33 Å². The first-order valence-corrected chi connectivity index (χ1v) is 7.15. The van der Waals surface area contributed by atoms with E-state index in [0.29, 0.717) is 6.61 Å². The Balaban J connectivity index is 2.11. The van der Waals surface area contributed by atoms with Crippen LogP contribution < -0.4 is 4.74 Å². The molecule has 2 aromatic rings. The summed E-state index contributed by atoms with van der Waals surface area (Å²) in [4.78, 5) is 0. The summed E-state index contributed by atoms with van der Waals surface area (Å²) >= 11 is 3.46. The summed E-state index contributed by atoms with van der Waals surface area (Å²) in [7, 11) is 0. The smallest absolute Gasteiger partial charge is 0.120 e. The van der Waals surface area contributed by atoms with E-state index in [1.807, 2.05) is 12.1 Å². The summed E-state index contributed by atoms with van der Waals surface area (Å²) in [5, 5.41) is 0.855. The van der Waals surface area contributed by atoms with Gasteiger partial charge < -0.3 is 4.74 Å².